The fourth-order valence-corrected chi connectivity index (χ4v) is 8.09. The lowest BCUT2D eigenvalue weighted by Crippen LogP contribution is -2.54. The Labute approximate surface area is 284 Å². The van der Waals surface area contributed by atoms with Gasteiger partial charge in [0.1, 0.15) is 0 Å². The fourth-order valence-electron chi connectivity index (χ4n) is 8.09. The van der Waals surface area contributed by atoms with Crippen molar-refractivity contribution >= 4 is 44.7 Å². The minimum Gasteiger partial charge on any atom is -0.436 e. The van der Waals surface area contributed by atoms with Gasteiger partial charge in [-0.2, -0.15) is 5.10 Å². The van der Waals surface area contributed by atoms with Gasteiger partial charge in [-0.15, -0.1) is 0 Å². The Morgan fingerprint density at radius 1 is 0.857 bits per heavy atom. The van der Waals surface area contributed by atoms with Crippen molar-refractivity contribution in [3.8, 4) is 0 Å². The van der Waals surface area contributed by atoms with Crippen LogP contribution in [0, 0.1) is 0 Å². The average molecular weight is 665 g/mol. The maximum absolute atomic E-state index is 14.1. The second-order valence-corrected chi connectivity index (χ2v) is 14.0. The van der Waals surface area contributed by atoms with Crippen LogP contribution in [0.3, 0.4) is 0 Å². The second-order valence-electron chi connectivity index (χ2n) is 14.0. The van der Waals surface area contributed by atoms with Crippen molar-refractivity contribution in [3.05, 3.63) is 76.8 Å². The molecule has 0 saturated carbocycles. The smallest absolute Gasteiger partial charge is 0.410 e. The van der Waals surface area contributed by atoms with E-state index in [9.17, 15) is 14.4 Å². The fraction of sp³-hybridized carbons (Fsp3) is 0.459. The summed E-state index contributed by atoms with van der Waals surface area (Å²) in [5.74, 6) is -0.134. The molecular formula is C37H44N8O4. The van der Waals surface area contributed by atoms with Crippen LogP contribution in [0.2, 0.25) is 0 Å². The summed E-state index contributed by atoms with van der Waals surface area (Å²) in [5.41, 5.74) is 3.41. The Bertz CT molecular complexity index is 2030. The molecule has 3 saturated heterocycles. The standard InChI is InChI=1S/C37H44N8O4/c1-41-18-20-42(21-19-41)28-10-14-43(15-11-28)35(46)33(23-25-6-8-31-27(22-25)24-38-40-31)49-37(48)44-16-12-29(13-17-44)45-32-9-7-26-4-2-3-5-30(26)34(32)39-36(45)47/h2-9,22,24,28-29,33H,10-21,23H2,1H3,(H,38,40)(H,39,47)/t33-/m1/s1. The molecular weight excluding hydrogens is 620 g/mol. The van der Waals surface area contributed by atoms with E-state index in [0.29, 0.717) is 51.5 Å². The predicted octanol–water partition coefficient (Wildman–Crippen LogP) is 3.98. The normalized spacial score (nSPS) is 19.6. The summed E-state index contributed by atoms with van der Waals surface area (Å²) < 4.78 is 7.95. The highest BCUT2D eigenvalue weighted by Gasteiger charge is 2.35. The topological polar surface area (TPSA) is 123 Å². The van der Waals surface area contributed by atoms with Crippen LogP contribution in [0.15, 0.2) is 65.6 Å². The number of hydrogen-bond donors (Lipinski definition) is 2. The minimum atomic E-state index is -0.931. The van der Waals surface area contributed by atoms with Gasteiger partial charge in [0.15, 0.2) is 6.10 Å². The number of likely N-dealkylation sites (tertiary alicyclic amines) is 2. The van der Waals surface area contributed by atoms with Crippen LogP contribution in [-0.4, -0.2) is 123 Å². The Hall–Kier alpha value is -4.68. The molecule has 0 unspecified atom stereocenters. The van der Waals surface area contributed by atoms with Crippen molar-refractivity contribution < 1.29 is 14.3 Å². The number of amides is 2. The van der Waals surface area contributed by atoms with Gasteiger partial charge in [0.2, 0.25) is 0 Å². The number of hydrogen-bond acceptors (Lipinski definition) is 7. The van der Waals surface area contributed by atoms with Crippen LogP contribution < -0.4 is 5.69 Å². The summed E-state index contributed by atoms with van der Waals surface area (Å²) in [5, 5.41) is 10.1. The van der Waals surface area contributed by atoms with Gasteiger partial charge in [-0.1, -0.05) is 36.4 Å². The van der Waals surface area contributed by atoms with E-state index in [1.807, 2.05) is 64.1 Å². The van der Waals surface area contributed by atoms with Gasteiger partial charge in [0, 0.05) is 81.6 Å². The second kappa shape index (κ2) is 13.3. The van der Waals surface area contributed by atoms with Crippen molar-refractivity contribution in [1.29, 1.82) is 0 Å². The van der Waals surface area contributed by atoms with Gasteiger partial charge in [-0.25, -0.2) is 9.59 Å². The number of piperidine rings is 2. The summed E-state index contributed by atoms with van der Waals surface area (Å²) in [6.07, 6.45) is 3.72. The number of H-pyrrole nitrogens is 2. The number of nitrogens with zero attached hydrogens (tertiary/aromatic N) is 6. The average Bonchev–Trinajstić information content (AvgIpc) is 3.75. The minimum absolute atomic E-state index is 0.0489. The number of carbonyl (C=O) groups excluding carboxylic acids is 2. The van der Waals surface area contributed by atoms with E-state index in [-0.39, 0.29) is 17.6 Å². The Morgan fingerprint density at radius 3 is 2.39 bits per heavy atom. The molecule has 5 heterocycles. The Balaban J connectivity index is 0.949. The molecule has 1 atom stereocenters. The van der Waals surface area contributed by atoms with Crippen LogP contribution >= 0.6 is 0 Å². The molecule has 3 aliphatic rings. The number of imidazole rings is 1. The number of nitrogens with one attached hydrogen (secondary N) is 2. The lowest BCUT2D eigenvalue weighted by molar-refractivity contribution is -0.142. The molecule has 2 N–H and O–H groups in total. The van der Waals surface area contributed by atoms with Crippen LogP contribution in [0.1, 0.15) is 37.3 Å². The summed E-state index contributed by atoms with van der Waals surface area (Å²) in [7, 11) is 2.17. The molecule has 0 radical (unpaired) electrons. The number of piperazine rings is 1. The highest BCUT2D eigenvalue weighted by Crippen LogP contribution is 2.29. The van der Waals surface area contributed by atoms with Gasteiger partial charge in [-0.05, 0) is 61.9 Å². The summed E-state index contributed by atoms with van der Waals surface area (Å²) in [6.45, 7) is 6.47. The summed E-state index contributed by atoms with van der Waals surface area (Å²) >= 11 is 0. The molecule has 2 amide bonds. The van der Waals surface area contributed by atoms with Crippen molar-refractivity contribution in [2.24, 2.45) is 0 Å². The molecule has 3 fully saturated rings. The third-order valence-electron chi connectivity index (χ3n) is 11.0. The maximum atomic E-state index is 14.1. The number of aromatic nitrogens is 4. The van der Waals surface area contributed by atoms with Crippen LogP contribution in [-0.2, 0) is 16.0 Å². The van der Waals surface area contributed by atoms with Gasteiger partial charge in [0.05, 0.1) is 22.7 Å². The number of carbonyl (C=O) groups is 2. The molecule has 2 aromatic heterocycles. The molecule has 5 aromatic rings. The quantitative estimate of drug-likeness (QED) is 0.282. The van der Waals surface area contributed by atoms with E-state index < -0.39 is 12.2 Å². The molecule has 12 nitrogen and oxygen atoms in total. The third kappa shape index (κ3) is 6.30. The van der Waals surface area contributed by atoms with E-state index in [0.717, 1.165) is 77.3 Å². The summed E-state index contributed by atoms with van der Waals surface area (Å²) in [6, 6.07) is 18.4. The zero-order valence-electron chi connectivity index (χ0n) is 28.0. The van der Waals surface area contributed by atoms with E-state index in [1.54, 1.807) is 11.1 Å². The highest BCUT2D eigenvalue weighted by atomic mass is 16.6. The molecule has 0 spiro atoms. The van der Waals surface area contributed by atoms with E-state index >= 15 is 0 Å². The molecule has 0 aliphatic carbocycles. The Morgan fingerprint density at radius 2 is 1.59 bits per heavy atom. The van der Waals surface area contributed by atoms with Crippen LogP contribution in [0.5, 0.6) is 0 Å². The highest BCUT2D eigenvalue weighted by molar-refractivity contribution is 6.04. The van der Waals surface area contributed by atoms with Gasteiger partial charge >= 0.3 is 11.8 Å². The molecule has 3 aromatic carbocycles. The molecule has 8 rings (SSSR count). The van der Waals surface area contributed by atoms with E-state index in [2.05, 4.69) is 32.0 Å². The number of rotatable bonds is 6. The molecule has 256 valence electrons. The van der Waals surface area contributed by atoms with Crippen molar-refractivity contribution in [3.63, 3.8) is 0 Å². The van der Waals surface area contributed by atoms with Crippen LogP contribution in [0.25, 0.3) is 32.7 Å². The lowest BCUT2D eigenvalue weighted by atomic mass is 10.00. The zero-order chi connectivity index (χ0) is 33.5. The van der Waals surface area contributed by atoms with Gasteiger partial charge < -0.3 is 24.4 Å². The first-order valence-corrected chi connectivity index (χ1v) is 17.6. The first-order chi connectivity index (χ1) is 23.9. The largest absolute Gasteiger partial charge is 0.436 e. The molecule has 49 heavy (non-hydrogen) atoms. The number of benzene rings is 3. The number of aromatic amines is 2. The molecule has 0 bridgehead atoms. The van der Waals surface area contributed by atoms with Gasteiger partial charge in [-0.3, -0.25) is 19.4 Å². The monoisotopic (exact) mass is 664 g/mol. The van der Waals surface area contributed by atoms with E-state index in [1.165, 1.54) is 0 Å². The summed E-state index contributed by atoms with van der Waals surface area (Å²) in [4.78, 5) is 52.5. The SMILES string of the molecule is CN1CCN(C2CCN(C(=O)[C@@H](Cc3ccc4[nH]ncc4c3)OC(=O)N3CCC(n4c(=O)[nH]c5c6ccccc6ccc54)CC3)CC2)CC1. The number of fused-ring (bicyclic) bond motifs is 4. The van der Waals surface area contributed by atoms with Gasteiger partial charge in [0.25, 0.3) is 5.91 Å². The number of likely N-dealkylation sites (N-methyl/N-ethyl adjacent to an activating group) is 1. The lowest BCUT2D eigenvalue weighted by Gasteiger charge is -2.42. The van der Waals surface area contributed by atoms with Crippen molar-refractivity contribution in [2.45, 2.75) is 50.3 Å². The first-order valence-electron chi connectivity index (χ1n) is 17.6. The molecule has 12 heteroatoms. The zero-order valence-corrected chi connectivity index (χ0v) is 28.0. The van der Waals surface area contributed by atoms with Crippen molar-refractivity contribution in [2.75, 3.05) is 59.4 Å². The third-order valence-corrected chi connectivity index (χ3v) is 11.0. The van der Waals surface area contributed by atoms with E-state index in [4.69, 9.17) is 4.74 Å². The number of ether oxygens (including phenoxy) is 1. The first kappa shape index (κ1) is 31.6. The van der Waals surface area contributed by atoms with Crippen molar-refractivity contribution in [1.82, 2.24) is 39.3 Å². The predicted molar refractivity (Wildman–Crippen MR) is 189 cm³/mol. The Kier molecular flexibility index (Phi) is 8.58. The maximum Gasteiger partial charge on any atom is 0.410 e. The molecule has 3 aliphatic heterocycles. The van der Waals surface area contributed by atoms with Crippen LogP contribution in [0.4, 0.5) is 4.79 Å².